The van der Waals surface area contributed by atoms with Gasteiger partial charge in [-0.25, -0.2) is 4.68 Å². The van der Waals surface area contributed by atoms with Crippen molar-refractivity contribution in [2.75, 3.05) is 5.32 Å². The van der Waals surface area contributed by atoms with Gasteiger partial charge in [-0.2, -0.15) is 0 Å². The number of aromatic nitrogens is 4. The van der Waals surface area contributed by atoms with E-state index >= 15 is 0 Å². The Bertz CT molecular complexity index is 889. The second-order valence-electron chi connectivity index (χ2n) is 6.29. The minimum Gasteiger partial charge on any atom is -0.346 e. The van der Waals surface area contributed by atoms with Crippen molar-refractivity contribution in [1.82, 2.24) is 20.2 Å². The summed E-state index contributed by atoms with van der Waals surface area (Å²) in [6, 6.07) is 14.7. The number of halogens is 1. The predicted molar refractivity (Wildman–Crippen MR) is 94.3 cm³/mol. The second-order valence-corrected chi connectivity index (χ2v) is 6.73. The first-order valence-corrected chi connectivity index (χ1v) is 8.36. The molecule has 0 unspecified atom stereocenters. The zero-order chi connectivity index (χ0) is 16.7. The van der Waals surface area contributed by atoms with Gasteiger partial charge >= 0.3 is 0 Å². The fraction of sp³-hybridized carbons (Fsp3) is 0.278. The van der Waals surface area contributed by atoms with Crippen LogP contribution in [-0.2, 0) is 0 Å². The molecule has 2 aromatic carbocycles. The molecule has 0 amide bonds. The van der Waals surface area contributed by atoms with Gasteiger partial charge < -0.3 is 5.32 Å². The fourth-order valence-corrected chi connectivity index (χ4v) is 3.43. The third-order valence-electron chi connectivity index (χ3n) is 4.72. The number of tetrazole rings is 1. The average Bonchev–Trinajstić information content (AvgIpc) is 3.05. The maximum Gasteiger partial charge on any atom is 0.243 e. The Kier molecular flexibility index (Phi) is 3.73. The molecule has 0 spiro atoms. The number of anilines is 1. The van der Waals surface area contributed by atoms with Crippen molar-refractivity contribution < 1.29 is 0 Å². The molecule has 0 saturated heterocycles. The number of nitrogens with one attached hydrogen (secondary N) is 1. The quantitative estimate of drug-likeness (QED) is 0.764. The van der Waals surface area contributed by atoms with E-state index in [-0.39, 0.29) is 12.1 Å². The normalized spacial score (nSPS) is 19.6. The van der Waals surface area contributed by atoms with Crippen molar-refractivity contribution in [3.05, 3.63) is 69.7 Å². The standard InChI is InChI=1S/C18H18ClN5/c1-11-6-7-13(8-12(11)2)16-10-17(14-4-3-5-15(19)9-14)24-18(20-16)21-22-23-24/h3-9,16-17H,10H2,1-2H3,(H,20,21,23)/t16-,17+/m0/s1. The Labute approximate surface area is 145 Å². The Morgan fingerprint density at radius 3 is 2.75 bits per heavy atom. The lowest BCUT2D eigenvalue weighted by Crippen LogP contribution is -2.28. The minimum absolute atomic E-state index is 0.0570. The minimum atomic E-state index is 0.0570. The van der Waals surface area contributed by atoms with Crippen molar-refractivity contribution >= 4 is 17.5 Å². The molecule has 2 heterocycles. The largest absolute Gasteiger partial charge is 0.346 e. The summed E-state index contributed by atoms with van der Waals surface area (Å²) in [5.41, 5.74) is 4.95. The predicted octanol–water partition coefficient (Wildman–Crippen LogP) is 4.09. The van der Waals surface area contributed by atoms with Crippen molar-refractivity contribution in [2.24, 2.45) is 0 Å². The molecular formula is C18H18ClN5. The van der Waals surface area contributed by atoms with Crippen LogP contribution >= 0.6 is 11.6 Å². The zero-order valence-electron chi connectivity index (χ0n) is 13.6. The van der Waals surface area contributed by atoms with Gasteiger partial charge in [0, 0.05) is 5.02 Å². The van der Waals surface area contributed by atoms with Crippen LogP contribution in [-0.4, -0.2) is 20.2 Å². The molecule has 0 fully saturated rings. The smallest absolute Gasteiger partial charge is 0.243 e. The highest BCUT2D eigenvalue weighted by Gasteiger charge is 2.30. The monoisotopic (exact) mass is 339 g/mol. The number of benzene rings is 2. The summed E-state index contributed by atoms with van der Waals surface area (Å²) in [7, 11) is 0. The van der Waals surface area contributed by atoms with Crippen LogP contribution in [0.2, 0.25) is 5.02 Å². The molecular weight excluding hydrogens is 322 g/mol. The molecule has 4 rings (SSSR count). The van der Waals surface area contributed by atoms with Gasteiger partial charge in [0.1, 0.15) is 0 Å². The molecule has 0 saturated carbocycles. The molecule has 1 aliphatic heterocycles. The molecule has 6 heteroatoms. The number of fused-ring (bicyclic) bond motifs is 1. The summed E-state index contributed by atoms with van der Waals surface area (Å²) in [5.74, 6) is 0.689. The topological polar surface area (TPSA) is 55.6 Å². The van der Waals surface area contributed by atoms with Crippen LogP contribution < -0.4 is 5.32 Å². The van der Waals surface area contributed by atoms with Gasteiger partial charge in [0.25, 0.3) is 0 Å². The summed E-state index contributed by atoms with van der Waals surface area (Å²) in [5, 5.41) is 16.3. The summed E-state index contributed by atoms with van der Waals surface area (Å²) in [6.07, 6.45) is 0.862. The van der Waals surface area contributed by atoms with E-state index in [9.17, 15) is 0 Å². The lowest BCUT2D eigenvalue weighted by atomic mass is 9.92. The molecule has 3 aromatic rings. The van der Waals surface area contributed by atoms with E-state index in [4.69, 9.17) is 11.6 Å². The van der Waals surface area contributed by atoms with Crippen molar-refractivity contribution in [3.63, 3.8) is 0 Å². The van der Waals surface area contributed by atoms with Gasteiger partial charge in [0.2, 0.25) is 5.95 Å². The van der Waals surface area contributed by atoms with Gasteiger partial charge in [-0.15, -0.1) is 0 Å². The number of aryl methyl sites for hydroxylation is 2. The van der Waals surface area contributed by atoms with E-state index in [1.165, 1.54) is 16.7 Å². The van der Waals surface area contributed by atoms with Gasteiger partial charge in [0.15, 0.2) is 0 Å². The van der Waals surface area contributed by atoms with Crippen molar-refractivity contribution in [3.8, 4) is 0 Å². The first-order valence-electron chi connectivity index (χ1n) is 7.99. The van der Waals surface area contributed by atoms with E-state index < -0.39 is 0 Å². The first kappa shape index (κ1) is 15.1. The highest BCUT2D eigenvalue weighted by molar-refractivity contribution is 6.30. The molecule has 0 bridgehead atoms. The molecule has 122 valence electrons. The number of nitrogens with zero attached hydrogens (tertiary/aromatic N) is 4. The van der Waals surface area contributed by atoms with E-state index in [1.807, 2.05) is 22.9 Å². The van der Waals surface area contributed by atoms with E-state index in [1.54, 1.807) is 0 Å². The van der Waals surface area contributed by atoms with Crippen LogP contribution in [0.3, 0.4) is 0 Å². The maximum atomic E-state index is 6.18. The summed E-state index contributed by atoms with van der Waals surface area (Å²) < 4.78 is 1.84. The van der Waals surface area contributed by atoms with E-state index in [0.29, 0.717) is 5.95 Å². The van der Waals surface area contributed by atoms with Crippen LogP contribution in [0.4, 0.5) is 5.95 Å². The number of hydrogen-bond acceptors (Lipinski definition) is 4. The van der Waals surface area contributed by atoms with E-state index in [2.05, 4.69) is 59.0 Å². The van der Waals surface area contributed by atoms with Gasteiger partial charge in [-0.3, -0.25) is 0 Å². The Balaban J connectivity index is 1.74. The molecule has 1 aliphatic rings. The van der Waals surface area contributed by atoms with Gasteiger partial charge in [0.05, 0.1) is 12.1 Å². The highest BCUT2D eigenvalue weighted by atomic mass is 35.5. The lowest BCUT2D eigenvalue weighted by Gasteiger charge is -2.31. The highest BCUT2D eigenvalue weighted by Crippen LogP contribution is 2.37. The lowest BCUT2D eigenvalue weighted by molar-refractivity contribution is 0.423. The van der Waals surface area contributed by atoms with Gasteiger partial charge in [-0.05, 0) is 65.1 Å². The molecule has 24 heavy (non-hydrogen) atoms. The maximum absolute atomic E-state index is 6.18. The molecule has 0 aliphatic carbocycles. The average molecular weight is 340 g/mol. The molecule has 5 nitrogen and oxygen atoms in total. The summed E-state index contributed by atoms with van der Waals surface area (Å²) in [6.45, 7) is 4.27. The molecule has 0 radical (unpaired) electrons. The van der Waals surface area contributed by atoms with Crippen LogP contribution in [0.5, 0.6) is 0 Å². The van der Waals surface area contributed by atoms with Crippen molar-refractivity contribution in [2.45, 2.75) is 32.4 Å². The van der Waals surface area contributed by atoms with Crippen LogP contribution in [0.1, 0.15) is 40.8 Å². The van der Waals surface area contributed by atoms with Crippen LogP contribution in [0.25, 0.3) is 0 Å². The van der Waals surface area contributed by atoms with Crippen LogP contribution in [0.15, 0.2) is 42.5 Å². The number of hydrogen-bond donors (Lipinski definition) is 1. The Hall–Kier alpha value is -2.40. The van der Waals surface area contributed by atoms with Crippen molar-refractivity contribution in [1.29, 1.82) is 0 Å². The SMILES string of the molecule is Cc1ccc([C@@H]2C[C@H](c3cccc(Cl)c3)n3nnnc3N2)cc1C. The Morgan fingerprint density at radius 2 is 1.96 bits per heavy atom. The fourth-order valence-electron chi connectivity index (χ4n) is 3.23. The van der Waals surface area contributed by atoms with Gasteiger partial charge in [-0.1, -0.05) is 47.0 Å². The molecule has 1 N–H and O–H groups in total. The third-order valence-corrected chi connectivity index (χ3v) is 4.95. The first-order chi connectivity index (χ1) is 11.6. The van der Waals surface area contributed by atoms with Crippen LogP contribution in [0, 0.1) is 13.8 Å². The number of rotatable bonds is 2. The third kappa shape index (κ3) is 2.65. The summed E-state index contributed by atoms with van der Waals surface area (Å²) >= 11 is 6.18. The molecule has 1 aromatic heterocycles. The Morgan fingerprint density at radius 1 is 1.08 bits per heavy atom. The zero-order valence-corrected chi connectivity index (χ0v) is 14.3. The summed E-state index contributed by atoms with van der Waals surface area (Å²) in [4.78, 5) is 0. The molecule has 2 atom stereocenters. The second kappa shape index (κ2) is 5.91. The van der Waals surface area contributed by atoms with E-state index in [0.717, 1.165) is 17.0 Å².